The topological polar surface area (TPSA) is 55.4 Å². The van der Waals surface area contributed by atoms with Crippen LogP contribution in [0.5, 0.6) is 0 Å². The Bertz CT molecular complexity index is 410. The van der Waals surface area contributed by atoms with Crippen LogP contribution in [0.1, 0.15) is 27.2 Å². The Morgan fingerprint density at radius 3 is 1.29 bits per heavy atom. The van der Waals surface area contributed by atoms with Crippen LogP contribution in [0, 0.1) is 0 Å². The van der Waals surface area contributed by atoms with E-state index in [1.165, 1.54) is 0 Å². The molecule has 10 heteroatoms. The summed E-state index contributed by atoms with van der Waals surface area (Å²) in [7, 11) is -8.90. The molecule has 0 aromatic rings. The average Bonchev–Trinajstić information content (AvgIpc) is 2.41. The predicted octanol–water partition coefficient (Wildman–Crippen LogP) is 5.63. The van der Waals surface area contributed by atoms with Gasteiger partial charge in [0.05, 0.1) is 0 Å². The van der Waals surface area contributed by atoms with Gasteiger partial charge in [-0.05, 0) is 72.8 Å². The van der Waals surface area contributed by atoms with Crippen molar-refractivity contribution in [2.24, 2.45) is 0 Å². The standard InChI is InChI=1S/C18H46O6Si4/c1-13-16-28(19-14-2,20-15-3)24-18(22-26(7,8)9,23-27(10,11)12)17-21-25(4,5)6/h13-17H2,1-12H3. The highest BCUT2D eigenvalue weighted by atomic mass is 28.4. The fourth-order valence-electron chi connectivity index (χ4n) is 2.67. The Labute approximate surface area is 178 Å². The third-order valence-electron chi connectivity index (χ3n) is 3.20. The summed E-state index contributed by atoms with van der Waals surface area (Å²) >= 11 is 0. The van der Waals surface area contributed by atoms with Crippen LogP contribution in [0.2, 0.25) is 65.0 Å². The Morgan fingerprint density at radius 2 is 1.00 bits per heavy atom. The fourth-order valence-corrected chi connectivity index (χ4v) is 8.38. The van der Waals surface area contributed by atoms with Crippen LogP contribution in [-0.2, 0) is 26.6 Å². The predicted molar refractivity (Wildman–Crippen MR) is 126 cm³/mol. The summed E-state index contributed by atoms with van der Waals surface area (Å²) in [6, 6.07) is 0.716. The minimum Gasteiger partial charge on any atom is -0.409 e. The van der Waals surface area contributed by atoms with Crippen LogP contribution in [0.25, 0.3) is 0 Å². The zero-order valence-corrected chi connectivity index (χ0v) is 24.5. The highest BCUT2D eigenvalue weighted by molar-refractivity contribution is 6.71. The molecule has 0 aromatic heterocycles. The van der Waals surface area contributed by atoms with Crippen molar-refractivity contribution in [2.75, 3.05) is 19.8 Å². The number of hydrogen-bond donors (Lipinski definition) is 0. The molecule has 6 nitrogen and oxygen atoms in total. The molecule has 0 rings (SSSR count). The van der Waals surface area contributed by atoms with Crippen LogP contribution < -0.4 is 0 Å². The Hall–Kier alpha value is 0.628. The molecule has 0 aromatic carbocycles. The van der Waals surface area contributed by atoms with E-state index in [-0.39, 0.29) is 6.61 Å². The molecule has 170 valence electrons. The molecule has 0 unspecified atom stereocenters. The van der Waals surface area contributed by atoms with E-state index in [0.717, 1.165) is 6.42 Å². The van der Waals surface area contributed by atoms with Gasteiger partial charge in [-0.2, -0.15) is 0 Å². The smallest absolute Gasteiger partial charge is 0.409 e. The minimum absolute atomic E-state index is 0.232. The van der Waals surface area contributed by atoms with E-state index in [0.29, 0.717) is 19.3 Å². The highest BCUT2D eigenvalue weighted by Gasteiger charge is 2.53. The van der Waals surface area contributed by atoms with Crippen LogP contribution in [0.3, 0.4) is 0 Å². The van der Waals surface area contributed by atoms with Crippen LogP contribution in [-0.4, -0.2) is 59.6 Å². The largest absolute Gasteiger partial charge is 0.504 e. The highest BCUT2D eigenvalue weighted by Crippen LogP contribution is 2.33. The maximum atomic E-state index is 6.71. The second kappa shape index (κ2) is 11.3. The minimum atomic E-state index is -3.00. The molecule has 0 aliphatic heterocycles. The van der Waals surface area contributed by atoms with Gasteiger partial charge >= 0.3 is 8.80 Å². The molecule has 0 aliphatic rings. The van der Waals surface area contributed by atoms with E-state index in [2.05, 4.69) is 65.8 Å². The van der Waals surface area contributed by atoms with Gasteiger partial charge in [0.1, 0.15) is 6.61 Å². The normalized spacial score (nSPS) is 14.6. The first-order valence-electron chi connectivity index (χ1n) is 10.5. The molecule has 0 bridgehead atoms. The van der Waals surface area contributed by atoms with E-state index in [1.807, 2.05) is 13.8 Å². The fraction of sp³-hybridized carbons (Fsp3) is 1.00. The van der Waals surface area contributed by atoms with Crippen molar-refractivity contribution in [3.63, 3.8) is 0 Å². The molecular formula is C18H46O6Si4. The van der Waals surface area contributed by atoms with Crippen molar-refractivity contribution < 1.29 is 26.6 Å². The molecule has 0 N–H and O–H groups in total. The average molecular weight is 471 g/mol. The molecule has 0 saturated heterocycles. The summed E-state index contributed by atoms with van der Waals surface area (Å²) in [5, 5.41) is 0. The van der Waals surface area contributed by atoms with Crippen molar-refractivity contribution in [1.82, 2.24) is 0 Å². The molecule has 0 aliphatic carbocycles. The van der Waals surface area contributed by atoms with E-state index in [4.69, 9.17) is 26.6 Å². The van der Waals surface area contributed by atoms with Gasteiger partial charge in [-0.15, -0.1) is 0 Å². The zero-order chi connectivity index (χ0) is 22.3. The second-order valence-electron chi connectivity index (χ2n) is 9.91. The third kappa shape index (κ3) is 12.4. The van der Waals surface area contributed by atoms with Crippen molar-refractivity contribution in [2.45, 2.75) is 98.1 Å². The second-order valence-corrected chi connectivity index (χ2v) is 25.9. The summed E-state index contributed by atoms with van der Waals surface area (Å²) in [6.07, 6.45) is 0.900. The van der Waals surface area contributed by atoms with E-state index < -0.39 is 39.7 Å². The van der Waals surface area contributed by atoms with Gasteiger partial charge in [-0.25, -0.2) is 0 Å². The van der Waals surface area contributed by atoms with E-state index in [9.17, 15) is 0 Å². The third-order valence-corrected chi connectivity index (χ3v) is 9.25. The van der Waals surface area contributed by atoms with Gasteiger partial charge in [0, 0.05) is 19.3 Å². The summed E-state index contributed by atoms with van der Waals surface area (Å²) in [5.74, 6) is -1.29. The molecule has 0 fully saturated rings. The van der Waals surface area contributed by atoms with Crippen molar-refractivity contribution in [3.05, 3.63) is 0 Å². The number of rotatable bonds is 15. The Kier molecular flexibility index (Phi) is 11.6. The quantitative estimate of drug-likeness (QED) is 0.228. The first-order chi connectivity index (χ1) is 12.5. The first-order valence-corrected chi connectivity index (χ1v) is 22.7. The van der Waals surface area contributed by atoms with Gasteiger partial charge in [0.25, 0.3) is 5.97 Å². The molecule has 0 saturated carbocycles. The van der Waals surface area contributed by atoms with Crippen molar-refractivity contribution in [3.8, 4) is 0 Å². The molecule has 28 heavy (non-hydrogen) atoms. The zero-order valence-electron chi connectivity index (χ0n) is 20.5. The van der Waals surface area contributed by atoms with Crippen molar-refractivity contribution in [1.29, 1.82) is 0 Å². The summed E-state index contributed by atoms with van der Waals surface area (Å²) in [4.78, 5) is 0. The lowest BCUT2D eigenvalue weighted by molar-refractivity contribution is -0.299. The maximum absolute atomic E-state index is 6.71. The monoisotopic (exact) mass is 470 g/mol. The van der Waals surface area contributed by atoms with E-state index in [1.54, 1.807) is 0 Å². The lowest BCUT2D eigenvalue weighted by atomic mass is 10.6. The van der Waals surface area contributed by atoms with Crippen LogP contribution in [0.15, 0.2) is 0 Å². The maximum Gasteiger partial charge on any atom is 0.504 e. The van der Waals surface area contributed by atoms with Crippen LogP contribution >= 0.6 is 0 Å². The molecule has 0 heterocycles. The summed E-state index contributed by atoms with van der Waals surface area (Å²) in [6.45, 7) is 26.6. The molecule has 0 atom stereocenters. The Morgan fingerprint density at radius 1 is 0.571 bits per heavy atom. The van der Waals surface area contributed by atoms with Crippen molar-refractivity contribution >= 4 is 33.8 Å². The van der Waals surface area contributed by atoms with Gasteiger partial charge in [-0.3, -0.25) is 0 Å². The lowest BCUT2D eigenvalue weighted by Gasteiger charge is -2.46. The SMILES string of the molecule is CCC[Si](OCC)(OCC)OC(CO[Si](C)(C)C)(O[Si](C)(C)C)O[Si](C)(C)C. The summed E-state index contributed by atoms with van der Waals surface area (Å²) in [5.41, 5.74) is 0. The molecular weight excluding hydrogens is 425 g/mol. The van der Waals surface area contributed by atoms with Gasteiger partial charge in [0.2, 0.25) is 0 Å². The molecule has 0 spiro atoms. The summed E-state index contributed by atoms with van der Waals surface area (Å²) < 4.78 is 38.5. The van der Waals surface area contributed by atoms with Gasteiger partial charge in [0.15, 0.2) is 25.0 Å². The number of hydrogen-bond acceptors (Lipinski definition) is 6. The Balaban J connectivity index is 6.21. The van der Waals surface area contributed by atoms with Crippen LogP contribution in [0.4, 0.5) is 0 Å². The molecule has 0 amide bonds. The molecule has 0 radical (unpaired) electrons. The van der Waals surface area contributed by atoms with Gasteiger partial charge < -0.3 is 26.6 Å². The van der Waals surface area contributed by atoms with Gasteiger partial charge in [-0.1, -0.05) is 13.3 Å². The first kappa shape index (κ1) is 28.6. The lowest BCUT2D eigenvalue weighted by Crippen LogP contribution is -2.62. The van der Waals surface area contributed by atoms with E-state index >= 15 is 0 Å².